The number of anilines is 1. The second-order valence-corrected chi connectivity index (χ2v) is 5.54. The Morgan fingerprint density at radius 2 is 2.00 bits per heavy atom. The van der Waals surface area contributed by atoms with Crippen molar-refractivity contribution in [3.63, 3.8) is 0 Å². The molecule has 0 spiro atoms. The van der Waals surface area contributed by atoms with Crippen LogP contribution < -0.4 is 4.90 Å². The number of aliphatic hydroxyl groups is 1. The molecular formula is C15H22FNO. The Labute approximate surface area is 108 Å². The normalized spacial score (nSPS) is 17.0. The van der Waals surface area contributed by atoms with Crippen molar-refractivity contribution in [2.24, 2.45) is 5.92 Å². The van der Waals surface area contributed by atoms with Crippen molar-refractivity contribution in [2.75, 3.05) is 11.4 Å². The summed E-state index contributed by atoms with van der Waals surface area (Å²) in [4.78, 5) is 2.09. The molecular weight excluding hydrogens is 229 g/mol. The van der Waals surface area contributed by atoms with E-state index in [-0.39, 0.29) is 11.9 Å². The lowest BCUT2D eigenvalue weighted by atomic mass is 10.0. The zero-order valence-corrected chi connectivity index (χ0v) is 11.4. The Kier molecular flexibility index (Phi) is 3.91. The molecule has 1 aliphatic carbocycles. The van der Waals surface area contributed by atoms with E-state index in [1.165, 1.54) is 18.9 Å². The second kappa shape index (κ2) is 5.27. The number of para-hydroxylation sites is 1. The van der Waals surface area contributed by atoms with E-state index in [9.17, 15) is 9.50 Å². The highest BCUT2D eigenvalue weighted by atomic mass is 19.1. The van der Waals surface area contributed by atoms with Gasteiger partial charge < -0.3 is 10.0 Å². The van der Waals surface area contributed by atoms with Crippen LogP contribution in [0.2, 0.25) is 0 Å². The van der Waals surface area contributed by atoms with E-state index < -0.39 is 6.10 Å². The Morgan fingerprint density at radius 3 is 2.50 bits per heavy atom. The highest BCUT2D eigenvalue weighted by Gasteiger charge is 2.28. The van der Waals surface area contributed by atoms with E-state index in [2.05, 4.69) is 18.7 Å². The summed E-state index contributed by atoms with van der Waals surface area (Å²) in [5.74, 6) is 0.455. The Hall–Kier alpha value is -1.09. The third-order valence-electron chi connectivity index (χ3n) is 3.53. The average molecular weight is 251 g/mol. The molecule has 0 heterocycles. The third-order valence-corrected chi connectivity index (χ3v) is 3.53. The van der Waals surface area contributed by atoms with Gasteiger partial charge in [0.25, 0.3) is 0 Å². The molecule has 100 valence electrons. The molecule has 1 aliphatic rings. The minimum atomic E-state index is -0.642. The Balaban J connectivity index is 2.38. The number of benzene rings is 1. The molecule has 2 rings (SSSR count). The molecule has 1 unspecified atom stereocenters. The van der Waals surface area contributed by atoms with Gasteiger partial charge in [0, 0.05) is 18.2 Å². The number of halogens is 1. The molecule has 18 heavy (non-hydrogen) atoms. The predicted octanol–water partition coefficient (Wildman–Crippen LogP) is 3.50. The fourth-order valence-corrected chi connectivity index (χ4v) is 2.31. The monoisotopic (exact) mass is 251 g/mol. The molecule has 2 nitrogen and oxygen atoms in total. The van der Waals surface area contributed by atoms with Gasteiger partial charge in [-0.1, -0.05) is 12.1 Å². The van der Waals surface area contributed by atoms with Crippen molar-refractivity contribution in [1.29, 1.82) is 0 Å². The van der Waals surface area contributed by atoms with E-state index >= 15 is 0 Å². The molecule has 1 atom stereocenters. The molecule has 3 heteroatoms. The van der Waals surface area contributed by atoms with Gasteiger partial charge in [0.05, 0.1) is 11.8 Å². The van der Waals surface area contributed by atoms with Crippen LogP contribution in [0.3, 0.4) is 0 Å². The van der Waals surface area contributed by atoms with Crippen molar-refractivity contribution >= 4 is 5.69 Å². The molecule has 0 aromatic heterocycles. The summed E-state index contributed by atoms with van der Waals surface area (Å²) in [5.41, 5.74) is 1.26. The number of hydrogen-bond acceptors (Lipinski definition) is 2. The smallest absolute Gasteiger partial charge is 0.146 e. The van der Waals surface area contributed by atoms with Crippen molar-refractivity contribution in [3.8, 4) is 0 Å². The molecule has 0 saturated heterocycles. The first-order chi connectivity index (χ1) is 8.50. The lowest BCUT2D eigenvalue weighted by molar-refractivity contribution is 0.199. The minimum Gasteiger partial charge on any atom is -0.389 e. The minimum absolute atomic E-state index is 0.234. The molecule has 0 radical (unpaired) electrons. The molecule has 0 aliphatic heterocycles. The van der Waals surface area contributed by atoms with Crippen LogP contribution in [0.5, 0.6) is 0 Å². The highest BCUT2D eigenvalue weighted by molar-refractivity contribution is 5.56. The van der Waals surface area contributed by atoms with Gasteiger partial charge in [-0.25, -0.2) is 4.39 Å². The SMILES string of the molecule is CC(O)c1cccc(F)c1N(CC1CC1)C(C)C. The molecule has 1 saturated carbocycles. The third kappa shape index (κ3) is 2.83. The van der Waals surface area contributed by atoms with Crippen molar-refractivity contribution < 1.29 is 9.50 Å². The van der Waals surface area contributed by atoms with Crippen molar-refractivity contribution in [2.45, 2.75) is 45.8 Å². The predicted molar refractivity (Wildman–Crippen MR) is 72.2 cm³/mol. The summed E-state index contributed by atoms with van der Waals surface area (Å²) >= 11 is 0. The lowest BCUT2D eigenvalue weighted by Gasteiger charge is -2.32. The molecule has 0 bridgehead atoms. The van der Waals surface area contributed by atoms with Crippen LogP contribution in [0.25, 0.3) is 0 Å². The first-order valence-corrected chi connectivity index (χ1v) is 6.73. The summed E-state index contributed by atoms with van der Waals surface area (Å²) in [5, 5.41) is 9.82. The van der Waals surface area contributed by atoms with Gasteiger partial charge in [-0.05, 0) is 45.6 Å². The summed E-state index contributed by atoms with van der Waals surface area (Å²) in [7, 11) is 0. The van der Waals surface area contributed by atoms with Gasteiger partial charge in [-0.15, -0.1) is 0 Å². The van der Waals surface area contributed by atoms with Gasteiger partial charge in [0.15, 0.2) is 0 Å². The van der Waals surface area contributed by atoms with Crippen LogP contribution in [-0.2, 0) is 0 Å². The highest BCUT2D eigenvalue weighted by Crippen LogP contribution is 2.36. The molecule has 1 aromatic rings. The fourth-order valence-electron chi connectivity index (χ4n) is 2.31. The van der Waals surface area contributed by atoms with Crippen LogP contribution in [0.1, 0.15) is 45.3 Å². The van der Waals surface area contributed by atoms with Gasteiger partial charge in [0.1, 0.15) is 5.82 Å². The zero-order valence-electron chi connectivity index (χ0n) is 11.4. The van der Waals surface area contributed by atoms with Crippen molar-refractivity contribution in [3.05, 3.63) is 29.6 Å². The van der Waals surface area contributed by atoms with Crippen LogP contribution in [0.15, 0.2) is 18.2 Å². The average Bonchev–Trinajstić information content (AvgIpc) is 3.09. The molecule has 1 N–H and O–H groups in total. The maximum atomic E-state index is 14.1. The van der Waals surface area contributed by atoms with Crippen molar-refractivity contribution in [1.82, 2.24) is 0 Å². The standard InChI is InChI=1S/C15H22FNO/c1-10(2)17(9-12-7-8-12)15-13(11(3)18)5-4-6-14(15)16/h4-6,10-12,18H,7-9H2,1-3H3. The van der Waals surface area contributed by atoms with E-state index in [1.807, 2.05) is 6.07 Å². The topological polar surface area (TPSA) is 23.5 Å². The summed E-state index contributed by atoms with van der Waals surface area (Å²) in [6.45, 7) is 6.72. The quantitative estimate of drug-likeness (QED) is 0.865. The van der Waals surface area contributed by atoms with E-state index in [0.29, 0.717) is 17.2 Å². The Morgan fingerprint density at radius 1 is 1.33 bits per heavy atom. The van der Waals surface area contributed by atoms with Gasteiger partial charge >= 0.3 is 0 Å². The van der Waals surface area contributed by atoms with E-state index in [4.69, 9.17) is 0 Å². The molecule has 1 aromatic carbocycles. The van der Waals surface area contributed by atoms with Crippen LogP contribution in [0.4, 0.5) is 10.1 Å². The van der Waals surface area contributed by atoms with Gasteiger partial charge in [-0.2, -0.15) is 0 Å². The number of hydrogen-bond donors (Lipinski definition) is 1. The lowest BCUT2D eigenvalue weighted by Crippen LogP contribution is -2.34. The maximum Gasteiger partial charge on any atom is 0.146 e. The molecule has 1 fully saturated rings. The largest absolute Gasteiger partial charge is 0.389 e. The van der Waals surface area contributed by atoms with Crippen LogP contribution >= 0.6 is 0 Å². The Bertz CT molecular complexity index is 413. The van der Waals surface area contributed by atoms with Gasteiger partial charge in [0.2, 0.25) is 0 Å². The summed E-state index contributed by atoms with van der Waals surface area (Å²) in [6, 6.07) is 5.19. The molecule has 0 amide bonds. The van der Waals surface area contributed by atoms with E-state index in [0.717, 1.165) is 6.54 Å². The van der Waals surface area contributed by atoms with E-state index in [1.54, 1.807) is 13.0 Å². The second-order valence-electron chi connectivity index (χ2n) is 5.54. The van der Waals surface area contributed by atoms with Crippen LogP contribution in [0, 0.1) is 11.7 Å². The first kappa shape index (κ1) is 13.3. The van der Waals surface area contributed by atoms with Crippen LogP contribution in [-0.4, -0.2) is 17.7 Å². The summed E-state index contributed by atoms with van der Waals surface area (Å²) in [6.07, 6.45) is 1.83. The summed E-state index contributed by atoms with van der Waals surface area (Å²) < 4.78 is 14.1. The maximum absolute atomic E-state index is 14.1. The zero-order chi connectivity index (χ0) is 13.3. The fraction of sp³-hybridized carbons (Fsp3) is 0.600. The van der Waals surface area contributed by atoms with Gasteiger partial charge in [-0.3, -0.25) is 0 Å². The first-order valence-electron chi connectivity index (χ1n) is 6.73. The number of nitrogens with zero attached hydrogens (tertiary/aromatic N) is 1. The number of rotatable bonds is 5. The number of aliphatic hydroxyl groups excluding tert-OH is 1.